The molecule has 3 heterocycles. The lowest BCUT2D eigenvalue weighted by molar-refractivity contribution is -0.130. The third-order valence-electron chi connectivity index (χ3n) is 5.83. The first-order valence-electron chi connectivity index (χ1n) is 10.8. The molecule has 1 aromatic carbocycles. The van der Waals surface area contributed by atoms with Crippen molar-refractivity contribution in [2.75, 3.05) is 20.2 Å². The zero-order valence-corrected chi connectivity index (χ0v) is 18.0. The van der Waals surface area contributed by atoms with Gasteiger partial charge in [0, 0.05) is 38.2 Å². The quantitative estimate of drug-likeness (QED) is 0.594. The van der Waals surface area contributed by atoms with E-state index in [1.807, 2.05) is 41.4 Å². The lowest BCUT2D eigenvalue weighted by atomic mass is 10.1. The van der Waals surface area contributed by atoms with Crippen LogP contribution in [0.1, 0.15) is 44.0 Å². The maximum absolute atomic E-state index is 12.9. The molecule has 1 aliphatic rings. The Morgan fingerprint density at radius 1 is 1.27 bits per heavy atom. The first-order valence-corrected chi connectivity index (χ1v) is 10.8. The average molecular weight is 407 g/mol. The Morgan fingerprint density at radius 3 is 2.90 bits per heavy atom. The number of carbonyl (C=O) groups excluding carboxylic acids is 1. The Bertz CT molecular complexity index is 1030. The number of aromatic nitrogens is 3. The predicted octanol–water partition coefficient (Wildman–Crippen LogP) is 4.04. The largest absolute Gasteiger partial charge is 0.496 e. The van der Waals surface area contributed by atoms with Crippen molar-refractivity contribution in [1.29, 1.82) is 0 Å². The maximum Gasteiger partial charge on any atom is 0.222 e. The molecular weight excluding hydrogens is 376 g/mol. The van der Waals surface area contributed by atoms with Crippen molar-refractivity contribution in [2.24, 2.45) is 5.92 Å². The second-order valence-electron chi connectivity index (χ2n) is 8.48. The molecule has 0 radical (unpaired) electrons. The van der Waals surface area contributed by atoms with Crippen LogP contribution in [-0.4, -0.2) is 45.5 Å². The number of amides is 1. The number of rotatable bonds is 7. The summed E-state index contributed by atoms with van der Waals surface area (Å²) in [6.45, 7) is 6.87. The molecule has 0 spiro atoms. The molecule has 1 fully saturated rings. The summed E-state index contributed by atoms with van der Waals surface area (Å²) >= 11 is 0. The number of hydrogen-bond donors (Lipinski definition) is 0. The molecule has 2 aromatic heterocycles. The highest BCUT2D eigenvalue weighted by molar-refractivity contribution is 5.77. The van der Waals surface area contributed by atoms with Crippen LogP contribution >= 0.6 is 0 Å². The molecule has 0 unspecified atom stereocenters. The number of para-hydroxylation sites is 1. The molecule has 1 saturated heterocycles. The molecule has 4 rings (SSSR count). The number of nitrogens with zero attached hydrogens (tertiary/aromatic N) is 4. The summed E-state index contributed by atoms with van der Waals surface area (Å²) in [7, 11) is 1.67. The molecule has 1 aliphatic heterocycles. The highest BCUT2D eigenvalue weighted by Gasteiger charge is 2.31. The van der Waals surface area contributed by atoms with Crippen molar-refractivity contribution in [1.82, 2.24) is 19.4 Å². The number of benzene rings is 1. The Morgan fingerprint density at radius 2 is 2.10 bits per heavy atom. The molecule has 6 nitrogen and oxygen atoms in total. The Labute approximate surface area is 177 Å². The molecule has 0 saturated carbocycles. The van der Waals surface area contributed by atoms with Gasteiger partial charge in [-0.3, -0.25) is 9.78 Å². The summed E-state index contributed by atoms with van der Waals surface area (Å²) in [6.07, 6.45) is 5.84. The van der Waals surface area contributed by atoms with E-state index >= 15 is 0 Å². The number of ether oxygens (including phenoxy) is 1. The van der Waals surface area contributed by atoms with Crippen molar-refractivity contribution < 1.29 is 9.53 Å². The van der Waals surface area contributed by atoms with E-state index < -0.39 is 0 Å². The number of fused-ring (bicyclic) bond motifs is 1. The number of carbonyl (C=O) groups is 1. The fraction of sp³-hybridized carbons (Fsp3) is 0.458. The van der Waals surface area contributed by atoms with Gasteiger partial charge in [0.2, 0.25) is 5.91 Å². The summed E-state index contributed by atoms with van der Waals surface area (Å²) in [5.74, 6) is 2.93. The van der Waals surface area contributed by atoms with Gasteiger partial charge >= 0.3 is 0 Å². The van der Waals surface area contributed by atoms with Gasteiger partial charge in [-0.1, -0.05) is 32.0 Å². The molecule has 1 atom stereocenters. The second kappa shape index (κ2) is 8.86. The zero-order chi connectivity index (χ0) is 21.1. The van der Waals surface area contributed by atoms with E-state index in [1.54, 1.807) is 13.3 Å². The standard InChI is InChI=1S/C24H30N4O2/c1-17(2)15-28-21-14-25-12-10-20(21)26-24(28)19-11-13-27(16-19)23(29)9-8-18-6-4-5-7-22(18)30-3/h4-7,10,12,14,17,19H,8-9,11,13,15-16H2,1-3H3/t19-/m0/s1. The van der Waals surface area contributed by atoms with Gasteiger partial charge in [-0.2, -0.15) is 0 Å². The van der Waals surface area contributed by atoms with Crippen LogP contribution in [0.5, 0.6) is 5.75 Å². The minimum atomic E-state index is 0.205. The summed E-state index contributed by atoms with van der Waals surface area (Å²) in [6, 6.07) is 9.89. The lowest BCUT2D eigenvalue weighted by Crippen LogP contribution is -2.29. The fourth-order valence-corrected chi connectivity index (χ4v) is 4.36. The number of methoxy groups -OCH3 is 1. The van der Waals surface area contributed by atoms with E-state index in [2.05, 4.69) is 23.4 Å². The summed E-state index contributed by atoms with van der Waals surface area (Å²) in [5.41, 5.74) is 3.15. The number of imidazole rings is 1. The Balaban J connectivity index is 1.46. The van der Waals surface area contributed by atoms with Crippen LogP contribution in [0.25, 0.3) is 11.0 Å². The van der Waals surface area contributed by atoms with Crippen LogP contribution < -0.4 is 4.74 Å². The molecule has 30 heavy (non-hydrogen) atoms. The second-order valence-corrected chi connectivity index (χ2v) is 8.48. The molecule has 0 aliphatic carbocycles. The first kappa shape index (κ1) is 20.4. The summed E-state index contributed by atoms with van der Waals surface area (Å²) in [4.78, 5) is 24.1. The molecule has 6 heteroatoms. The van der Waals surface area contributed by atoms with Crippen LogP contribution in [0.15, 0.2) is 42.7 Å². The lowest BCUT2D eigenvalue weighted by Gasteiger charge is -2.18. The van der Waals surface area contributed by atoms with Crippen LogP contribution in [0, 0.1) is 5.92 Å². The van der Waals surface area contributed by atoms with Crippen molar-refractivity contribution in [3.05, 3.63) is 54.1 Å². The molecule has 3 aromatic rings. The fourth-order valence-electron chi connectivity index (χ4n) is 4.36. The van der Waals surface area contributed by atoms with Crippen LogP contribution in [0.4, 0.5) is 0 Å². The van der Waals surface area contributed by atoms with E-state index in [0.717, 1.165) is 54.2 Å². The molecule has 0 bridgehead atoms. The molecular formula is C24H30N4O2. The zero-order valence-electron chi connectivity index (χ0n) is 18.0. The van der Waals surface area contributed by atoms with Crippen LogP contribution in [0.2, 0.25) is 0 Å². The van der Waals surface area contributed by atoms with E-state index in [1.165, 1.54) is 0 Å². The highest BCUT2D eigenvalue weighted by Crippen LogP contribution is 2.30. The summed E-state index contributed by atoms with van der Waals surface area (Å²) < 4.78 is 7.72. The first-order chi connectivity index (χ1) is 14.6. The minimum Gasteiger partial charge on any atom is -0.496 e. The third kappa shape index (κ3) is 4.18. The van der Waals surface area contributed by atoms with Gasteiger partial charge < -0.3 is 14.2 Å². The Kier molecular flexibility index (Phi) is 6.02. The number of hydrogen-bond acceptors (Lipinski definition) is 4. The summed E-state index contributed by atoms with van der Waals surface area (Å²) in [5, 5.41) is 0. The smallest absolute Gasteiger partial charge is 0.222 e. The number of aryl methyl sites for hydroxylation is 1. The van der Waals surface area contributed by atoms with Crippen LogP contribution in [-0.2, 0) is 17.8 Å². The number of likely N-dealkylation sites (tertiary alicyclic amines) is 1. The Hall–Kier alpha value is -2.89. The monoisotopic (exact) mass is 406 g/mol. The molecule has 158 valence electrons. The van der Waals surface area contributed by atoms with E-state index in [0.29, 0.717) is 18.8 Å². The van der Waals surface area contributed by atoms with Gasteiger partial charge in [0.05, 0.1) is 24.3 Å². The molecule has 0 N–H and O–H groups in total. The van der Waals surface area contributed by atoms with Gasteiger partial charge in [-0.05, 0) is 36.5 Å². The topological polar surface area (TPSA) is 60.2 Å². The molecule has 1 amide bonds. The van der Waals surface area contributed by atoms with Crippen LogP contribution in [0.3, 0.4) is 0 Å². The minimum absolute atomic E-state index is 0.205. The maximum atomic E-state index is 12.9. The van der Waals surface area contributed by atoms with E-state index in [9.17, 15) is 4.79 Å². The van der Waals surface area contributed by atoms with Gasteiger partial charge in [0.1, 0.15) is 11.6 Å². The van der Waals surface area contributed by atoms with Gasteiger partial charge in [-0.25, -0.2) is 4.98 Å². The van der Waals surface area contributed by atoms with E-state index in [4.69, 9.17) is 9.72 Å². The van der Waals surface area contributed by atoms with Crippen molar-refractivity contribution in [2.45, 2.75) is 45.6 Å². The van der Waals surface area contributed by atoms with Crippen molar-refractivity contribution in [3.63, 3.8) is 0 Å². The van der Waals surface area contributed by atoms with Gasteiger partial charge in [0.15, 0.2) is 0 Å². The average Bonchev–Trinajstić information content (AvgIpc) is 3.37. The third-order valence-corrected chi connectivity index (χ3v) is 5.83. The van der Waals surface area contributed by atoms with E-state index in [-0.39, 0.29) is 11.8 Å². The van der Waals surface area contributed by atoms with Gasteiger partial charge in [0.25, 0.3) is 0 Å². The predicted molar refractivity (Wildman–Crippen MR) is 118 cm³/mol. The number of pyridine rings is 1. The highest BCUT2D eigenvalue weighted by atomic mass is 16.5. The van der Waals surface area contributed by atoms with Crippen molar-refractivity contribution in [3.8, 4) is 5.75 Å². The van der Waals surface area contributed by atoms with Crippen molar-refractivity contribution >= 4 is 16.9 Å². The van der Waals surface area contributed by atoms with Gasteiger partial charge in [-0.15, -0.1) is 0 Å². The SMILES string of the molecule is COc1ccccc1CCC(=O)N1CC[C@H](c2nc3ccncc3n2CC(C)C)C1. The normalized spacial score (nSPS) is 16.5.